The molecule has 0 bridgehead atoms. The molecule has 7 nitrogen and oxygen atoms in total. The van der Waals surface area contributed by atoms with Gasteiger partial charge in [0.1, 0.15) is 35.7 Å². The van der Waals surface area contributed by atoms with Crippen molar-refractivity contribution < 1.29 is 18.5 Å². The minimum absolute atomic E-state index is 0.0470. The van der Waals surface area contributed by atoms with E-state index in [4.69, 9.17) is 36.9 Å². The fourth-order valence-corrected chi connectivity index (χ4v) is 5.26. The lowest BCUT2D eigenvalue weighted by Crippen LogP contribution is -2.25. The lowest BCUT2D eigenvalue weighted by molar-refractivity contribution is 0.0951. The number of hydrogen-bond donors (Lipinski definition) is 1. The molecule has 1 N–H and O–H groups in total. The second-order valence-electron chi connectivity index (χ2n) is 10.4. The van der Waals surface area contributed by atoms with E-state index in [0.29, 0.717) is 60.5 Å². The highest BCUT2D eigenvalue weighted by atomic mass is 35.5. The van der Waals surface area contributed by atoms with Crippen molar-refractivity contribution in [2.24, 2.45) is 0 Å². The van der Waals surface area contributed by atoms with Gasteiger partial charge in [-0.2, -0.15) is 0 Å². The van der Waals surface area contributed by atoms with Gasteiger partial charge in [-0.15, -0.1) is 0 Å². The second-order valence-corrected chi connectivity index (χ2v) is 11.2. The lowest BCUT2D eigenvalue weighted by Gasteiger charge is -2.11. The van der Waals surface area contributed by atoms with Crippen molar-refractivity contribution in [3.63, 3.8) is 0 Å². The number of carbonyl (C=O) groups excluding carboxylic acids is 1. The van der Waals surface area contributed by atoms with Gasteiger partial charge in [0.2, 0.25) is 0 Å². The summed E-state index contributed by atoms with van der Waals surface area (Å²) < 4.78 is 17.6. The highest BCUT2D eigenvalue weighted by Gasteiger charge is 2.25. The third-order valence-corrected chi connectivity index (χ3v) is 7.67. The summed E-state index contributed by atoms with van der Waals surface area (Å²) >= 11 is 12.9. The van der Waals surface area contributed by atoms with Crippen molar-refractivity contribution >= 4 is 40.1 Å². The molecule has 0 spiro atoms. The summed E-state index contributed by atoms with van der Waals surface area (Å²) in [7, 11) is 0. The average molecular weight is 589 g/mol. The van der Waals surface area contributed by atoms with Crippen molar-refractivity contribution in [1.82, 2.24) is 10.5 Å². The molecule has 1 saturated carbocycles. The van der Waals surface area contributed by atoms with Crippen molar-refractivity contribution in [3.8, 4) is 28.1 Å². The molecular formula is C32H26Cl2N2O5. The summed E-state index contributed by atoms with van der Waals surface area (Å²) in [5, 5.41) is 8.57. The highest BCUT2D eigenvalue weighted by Crippen LogP contribution is 2.39. The first-order valence-corrected chi connectivity index (χ1v) is 14.1. The molecule has 0 unspecified atom stereocenters. The Labute approximate surface area is 246 Å². The molecule has 0 saturated heterocycles. The van der Waals surface area contributed by atoms with Crippen LogP contribution >= 0.6 is 23.2 Å². The quantitative estimate of drug-likeness (QED) is 0.197. The van der Waals surface area contributed by atoms with E-state index in [2.05, 4.69) is 10.5 Å². The molecule has 0 atom stereocenters. The first kappa shape index (κ1) is 27.1. The van der Waals surface area contributed by atoms with Crippen molar-refractivity contribution in [3.05, 3.63) is 104 Å². The van der Waals surface area contributed by atoms with Crippen LogP contribution in [0.2, 0.25) is 10.0 Å². The van der Waals surface area contributed by atoms with Gasteiger partial charge in [-0.25, -0.2) is 0 Å². The molecule has 9 heteroatoms. The van der Waals surface area contributed by atoms with E-state index in [0.717, 1.165) is 18.4 Å². The number of nitrogens with one attached hydrogen (secondary N) is 1. The smallest absolute Gasteiger partial charge is 0.251 e. The minimum atomic E-state index is -0.176. The van der Waals surface area contributed by atoms with Crippen molar-refractivity contribution in [1.29, 1.82) is 0 Å². The Morgan fingerprint density at radius 1 is 1.07 bits per heavy atom. The van der Waals surface area contributed by atoms with Crippen LogP contribution in [0.1, 0.15) is 54.3 Å². The van der Waals surface area contributed by atoms with Gasteiger partial charge in [-0.1, -0.05) is 60.4 Å². The molecule has 2 heterocycles. The number of hydrogen-bond acceptors (Lipinski definition) is 6. The molecule has 208 valence electrons. The van der Waals surface area contributed by atoms with Crippen LogP contribution in [0.4, 0.5) is 0 Å². The standard InChI is InChI=1S/C32H26Cl2N2O5/c1-17(2)31-24(29(36-41-31)28-25(33)4-3-5-26(28)34)16-39-21-12-13-22-27(14-21)40-15-23(30(22)37)18-6-8-19(9-7-18)32(38)35-20-10-11-20/h3-9,12-15,17,20H,10-11,16H2,1-2H3,(H,35,38). The number of fused-ring (bicyclic) bond motifs is 1. The Morgan fingerprint density at radius 2 is 1.80 bits per heavy atom. The van der Waals surface area contributed by atoms with Crippen LogP contribution < -0.4 is 15.5 Å². The number of ether oxygens (including phenoxy) is 1. The van der Waals surface area contributed by atoms with Crippen LogP contribution in [-0.4, -0.2) is 17.1 Å². The van der Waals surface area contributed by atoms with Crippen LogP contribution in [0.25, 0.3) is 33.4 Å². The molecular weight excluding hydrogens is 563 g/mol. The Hall–Kier alpha value is -4.07. The fraction of sp³-hybridized carbons (Fsp3) is 0.219. The zero-order valence-electron chi connectivity index (χ0n) is 22.4. The molecule has 1 aliphatic rings. The molecule has 41 heavy (non-hydrogen) atoms. The van der Waals surface area contributed by atoms with E-state index >= 15 is 0 Å². The zero-order chi connectivity index (χ0) is 28.7. The van der Waals surface area contributed by atoms with Crippen LogP contribution in [0.15, 0.2) is 80.7 Å². The summed E-state index contributed by atoms with van der Waals surface area (Å²) in [6, 6.07) is 17.6. The number of nitrogens with zero attached hydrogens (tertiary/aromatic N) is 1. The second kappa shape index (κ2) is 11.1. The SMILES string of the molecule is CC(C)c1onc(-c2c(Cl)cccc2Cl)c1COc1ccc2c(=O)c(-c3ccc(C(=O)NC4CC4)cc3)coc2c1. The normalized spacial score (nSPS) is 13.1. The zero-order valence-corrected chi connectivity index (χ0v) is 23.9. The van der Waals surface area contributed by atoms with Gasteiger partial charge in [-0.05, 0) is 54.8 Å². The van der Waals surface area contributed by atoms with Gasteiger partial charge in [0, 0.05) is 29.2 Å². The van der Waals surface area contributed by atoms with E-state index in [1.807, 2.05) is 13.8 Å². The average Bonchev–Trinajstić information content (AvgIpc) is 3.68. The van der Waals surface area contributed by atoms with E-state index in [1.54, 1.807) is 60.7 Å². The molecule has 0 radical (unpaired) electrons. The highest BCUT2D eigenvalue weighted by molar-refractivity contribution is 6.39. The summed E-state index contributed by atoms with van der Waals surface area (Å²) in [5.74, 6) is 1.12. The van der Waals surface area contributed by atoms with Gasteiger partial charge < -0.3 is 19.0 Å². The summed E-state index contributed by atoms with van der Waals surface area (Å²) in [5.41, 5.74) is 3.69. The molecule has 1 fully saturated rings. The van der Waals surface area contributed by atoms with E-state index in [1.165, 1.54) is 6.26 Å². The van der Waals surface area contributed by atoms with Gasteiger partial charge >= 0.3 is 0 Å². The van der Waals surface area contributed by atoms with E-state index < -0.39 is 0 Å². The largest absolute Gasteiger partial charge is 0.489 e. The Balaban J connectivity index is 1.25. The lowest BCUT2D eigenvalue weighted by atomic mass is 10.0. The van der Waals surface area contributed by atoms with Crippen molar-refractivity contribution in [2.75, 3.05) is 0 Å². The Kier molecular flexibility index (Phi) is 7.32. The van der Waals surface area contributed by atoms with Gasteiger partial charge in [0.15, 0.2) is 5.43 Å². The monoisotopic (exact) mass is 588 g/mol. The first-order valence-electron chi connectivity index (χ1n) is 13.3. The summed E-state index contributed by atoms with van der Waals surface area (Å²) in [4.78, 5) is 25.6. The van der Waals surface area contributed by atoms with Crippen LogP contribution in [0.5, 0.6) is 5.75 Å². The number of halogens is 2. The van der Waals surface area contributed by atoms with Crippen LogP contribution in [-0.2, 0) is 6.61 Å². The topological polar surface area (TPSA) is 94.6 Å². The van der Waals surface area contributed by atoms with Crippen molar-refractivity contribution in [2.45, 2.75) is 45.3 Å². The number of amides is 1. The number of carbonyl (C=O) groups is 1. The Morgan fingerprint density at radius 3 is 2.49 bits per heavy atom. The van der Waals surface area contributed by atoms with Crippen LogP contribution in [0.3, 0.4) is 0 Å². The molecule has 5 aromatic rings. The maximum Gasteiger partial charge on any atom is 0.251 e. The van der Waals surface area contributed by atoms with Crippen LogP contribution in [0, 0.1) is 0 Å². The third kappa shape index (κ3) is 5.47. The van der Waals surface area contributed by atoms with E-state index in [-0.39, 0.29) is 29.9 Å². The summed E-state index contributed by atoms with van der Waals surface area (Å²) in [6.45, 7) is 4.14. The maximum atomic E-state index is 13.3. The van der Waals surface area contributed by atoms with Gasteiger partial charge in [-0.3, -0.25) is 9.59 Å². The molecule has 3 aromatic carbocycles. The molecule has 2 aromatic heterocycles. The predicted molar refractivity (Wildman–Crippen MR) is 159 cm³/mol. The number of rotatable bonds is 8. The molecule has 1 aliphatic carbocycles. The van der Waals surface area contributed by atoms with Gasteiger partial charge in [0.25, 0.3) is 5.91 Å². The maximum absolute atomic E-state index is 13.3. The van der Waals surface area contributed by atoms with E-state index in [9.17, 15) is 9.59 Å². The van der Waals surface area contributed by atoms with Gasteiger partial charge in [0.05, 0.1) is 26.6 Å². The molecule has 0 aliphatic heterocycles. The summed E-state index contributed by atoms with van der Waals surface area (Å²) in [6.07, 6.45) is 3.47. The fourth-order valence-electron chi connectivity index (χ4n) is 4.69. The molecule has 6 rings (SSSR count). The molecule has 1 amide bonds. The number of benzene rings is 3. The minimum Gasteiger partial charge on any atom is -0.489 e. The number of aromatic nitrogens is 1. The first-order chi connectivity index (χ1) is 19.8. The third-order valence-electron chi connectivity index (χ3n) is 7.04. The predicted octanol–water partition coefficient (Wildman–Crippen LogP) is 8.02. The Bertz CT molecular complexity index is 1800.